The third-order valence-corrected chi connectivity index (χ3v) is 4.29. The normalized spacial score (nSPS) is 10.5. The lowest BCUT2D eigenvalue weighted by Gasteiger charge is -1.99. The Labute approximate surface area is 160 Å². The Morgan fingerprint density at radius 1 is 1.14 bits per heavy atom. The molecule has 0 bridgehead atoms. The van der Waals surface area contributed by atoms with Crippen molar-refractivity contribution in [3.05, 3.63) is 89.4 Å². The van der Waals surface area contributed by atoms with E-state index in [0.717, 1.165) is 34.1 Å². The molecule has 0 saturated heterocycles. The molecule has 4 rings (SSSR count). The number of aromatic nitrogens is 3. The second kappa shape index (κ2) is 7.73. The maximum atomic E-state index is 12.0. The fourth-order valence-corrected chi connectivity index (χ4v) is 2.90. The van der Waals surface area contributed by atoms with Gasteiger partial charge in [-0.2, -0.15) is 0 Å². The zero-order valence-corrected chi connectivity index (χ0v) is 15.2. The van der Waals surface area contributed by atoms with E-state index in [2.05, 4.69) is 30.1 Å². The van der Waals surface area contributed by atoms with Crippen LogP contribution in [0.3, 0.4) is 0 Å². The van der Waals surface area contributed by atoms with E-state index in [4.69, 9.17) is 0 Å². The molecule has 3 heterocycles. The van der Waals surface area contributed by atoms with Gasteiger partial charge in [-0.1, -0.05) is 23.8 Å². The summed E-state index contributed by atoms with van der Waals surface area (Å²) >= 11 is 0. The molecule has 1 amide bonds. The third kappa shape index (κ3) is 3.90. The maximum absolute atomic E-state index is 12.0. The molecule has 3 aromatic heterocycles. The molecule has 7 heteroatoms. The highest BCUT2D eigenvalue weighted by Crippen LogP contribution is 2.19. The van der Waals surface area contributed by atoms with Gasteiger partial charge in [-0.15, -0.1) is 0 Å². The minimum Gasteiger partial charge on any atom is -0.346 e. The average Bonchev–Trinajstić information content (AvgIpc) is 3.12. The number of amides is 1. The molecular weight excluding hydrogens is 352 g/mol. The van der Waals surface area contributed by atoms with Gasteiger partial charge < -0.3 is 4.98 Å². The van der Waals surface area contributed by atoms with Crippen LogP contribution in [0.25, 0.3) is 11.0 Å². The predicted octanol–water partition coefficient (Wildman–Crippen LogP) is 4.30. The molecule has 28 heavy (non-hydrogen) atoms. The van der Waals surface area contributed by atoms with Crippen molar-refractivity contribution in [3.63, 3.8) is 0 Å². The van der Waals surface area contributed by atoms with Gasteiger partial charge in [-0.3, -0.25) is 4.79 Å². The molecule has 0 aliphatic carbocycles. The van der Waals surface area contributed by atoms with Gasteiger partial charge in [-0.05, 0) is 48.4 Å². The van der Waals surface area contributed by atoms with Crippen molar-refractivity contribution in [2.24, 2.45) is 10.2 Å². The summed E-state index contributed by atoms with van der Waals surface area (Å²) in [7, 11) is 0. The van der Waals surface area contributed by atoms with Gasteiger partial charge in [0, 0.05) is 36.0 Å². The van der Waals surface area contributed by atoms with Gasteiger partial charge in [0.15, 0.2) is 5.11 Å². The van der Waals surface area contributed by atoms with Crippen LogP contribution in [0.5, 0.6) is 0 Å². The van der Waals surface area contributed by atoms with Crippen molar-refractivity contribution >= 4 is 22.8 Å². The number of benzene rings is 1. The van der Waals surface area contributed by atoms with Crippen molar-refractivity contribution < 1.29 is 4.79 Å². The number of aromatic amines is 1. The first-order valence-corrected chi connectivity index (χ1v) is 8.78. The Balaban J connectivity index is 1.46. The lowest BCUT2D eigenvalue weighted by atomic mass is 10.1. The fraction of sp³-hybridized carbons (Fsp3) is 0.0952. The largest absolute Gasteiger partial charge is 0.360 e. The highest BCUT2D eigenvalue weighted by atomic mass is 16.1. The van der Waals surface area contributed by atoms with Crippen molar-refractivity contribution in [3.8, 4) is 0 Å². The number of nitrogens with zero attached hydrogens (tertiary/aromatic N) is 5. The van der Waals surface area contributed by atoms with Crippen LogP contribution in [-0.4, -0.2) is 20.9 Å². The molecule has 4 aromatic rings. The summed E-state index contributed by atoms with van der Waals surface area (Å²) < 4.78 is 0. The highest BCUT2D eigenvalue weighted by Gasteiger charge is 2.10. The summed E-state index contributed by atoms with van der Waals surface area (Å²) in [6, 6.07) is 14.8. The van der Waals surface area contributed by atoms with E-state index in [1.807, 2.05) is 37.4 Å². The quantitative estimate of drug-likeness (QED) is 0.429. The van der Waals surface area contributed by atoms with Crippen LogP contribution >= 0.6 is 0 Å². The molecule has 0 radical (unpaired) electrons. The van der Waals surface area contributed by atoms with E-state index in [-0.39, 0.29) is 0 Å². The van der Waals surface area contributed by atoms with Gasteiger partial charge in [0.2, 0.25) is 15.8 Å². The van der Waals surface area contributed by atoms with Crippen LogP contribution in [0, 0.1) is 6.92 Å². The molecular formula is C21H17N6O+. The first-order chi connectivity index (χ1) is 13.7. The number of fused-ring (bicyclic) bond motifs is 1. The molecule has 0 atom stereocenters. The highest BCUT2D eigenvalue weighted by molar-refractivity contribution is 5.94. The zero-order valence-electron chi connectivity index (χ0n) is 15.2. The summed E-state index contributed by atoms with van der Waals surface area (Å²) in [5.74, 6) is -0.0397. The van der Waals surface area contributed by atoms with Crippen molar-refractivity contribution in [2.75, 3.05) is 0 Å². The van der Waals surface area contributed by atoms with E-state index in [0.29, 0.717) is 11.4 Å². The van der Waals surface area contributed by atoms with E-state index in [1.54, 1.807) is 36.7 Å². The lowest BCUT2D eigenvalue weighted by molar-refractivity contribution is 0.0992. The number of carbonyl (C=O) groups excluding carboxylic acids is 1. The predicted molar refractivity (Wildman–Crippen MR) is 105 cm³/mol. The molecule has 1 N–H and O–H groups in total. The Hall–Kier alpha value is -3.96. The number of aryl methyl sites for hydroxylation is 1. The van der Waals surface area contributed by atoms with Crippen LogP contribution in [0.15, 0.2) is 77.3 Å². The maximum Gasteiger partial charge on any atom is 0.360 e. The first kappa shape index (κ1) is 17.5. The molecule has 0 fully saturated rings. The number of pyridine rings is 2. The molecule has 0 unspecified atom stereocenters. The minimum absolute atomic E-state index is 0.394. The fourth-order valence-electron chi connectivity index (χ4n) is 2.90. The van der Waals surface area contributed by atoms with Gasteiger partial charge in [-0.25, -0.2) is 9.97 Å². The van der Waals surface area contributed by atoms with Crippen LogP contribution in [0.4, 0.5) is 5.82 Å². The van der Waals surface area contributed by atoms with Gasteiger partial charge in [0.25, 0.3) is 0 Å². The topological polar surface area (TPSA) is 97.5 Å². The molecule has 7 nitrogen and oxygen atoms in total. The standard InChI is InChI=1S/C21H16N6O/c1-14-4-2-5-16(10-14)21(28)26-27-25-19-8-7-15(12-23-19)11-17-13-24-20-18(17)6-3-9-22-20/h2-10,12-13H,11H2,1H3/p+1. The number of hydrogen-bond acceptors (Lipinski definition) is 4. The number of carbonyl (C=O) groups is 1. The number of rotatable bonds is 4. The number of H-pyrrole nitrogens is 1. The van der Waals surface area contributed by atoms with Crippen LogP contribution in [0.1, 0.15) is 27.0 Å². The van der Waals surface area contributed by atoms with Crippen LogP contribution < -0.4 is 4.91 Å². The molecule has 0 aliphatic rings. The number of nitrogens with one attached hydrogen (secondary N) is 1. The van der Waals surface area contributed by atoms with Crippen molar-refractivity contribution in [1.82, 2.24) is 19.9 Å². The van der Waals surface area contributed by atoms with Crippen molar-refractivity contribution in [2.45, 2.75) is 13.3 Å². The summed E-state index contributed by atoms with van der Waals surface area (Å²) in [5, 5.41) is 8.61. The van der Waals surface area contributed by atoms with E-state index in [9.17, 15) is 4.79 Å². The molecule has 0 aliphatic heterocycles. The Morgan fingerprint density at radius 3 is 2.89 bits per heavy atom. The monoisotopic (exact) mass is 369 g/mol. The summed E-state index contributed by atoms with van der Waals surface area (Å²) in [5.41, 5.74) is 4.53. The summed E-state index contributed by atoms with van der Waals surface area (Å²) in [6.07, 6.45) is 6.19. The van der Waals surface area contributed by atoms with Crippen molar-refractivity contribution in [1.29, 1.82) is 0 Å². The minimum atomic E-state index is -0.433. The van der Waals surface area contributed by atoms with Gasteiger partial charge in [0.1, 0.15) is 5.65 Å². The first-order valence-electron chi connectivity index (χ1n) is 8.78. The lowest BCUT2D eigenvalue weighted by Crippen LogP contribution is -1.94. The van der Waals surface area contributed by atoms with E-state index in [1.165, 1.54) is 0 Å². The zero-order chi connectivity index (χ0) is 19.3. The second-order valence-corrected chi connectivity index (χ2v) is 6.38. The van der Waals surface area contributed by atoms with E-state index < -0.39 is 5.91 Å². The number of hydrogen-bond donors (Lipinski definition) is 1. The molecule has 136 valence electrons. The average molecular weight is 369 g/mol. The Bertz CT molecular complexity index is 1200. The SMILES string of the molecule is Cc1cccc(C(=O)N=[N+]=Nc2ccc(Cc3c[nH]c4ncccc34)cn2)c1. The molecule has 0 saturated carbocycles. The Kier molecular flexibility index (Phi) is 4.82. The smallest absolute Gasteiger partial charge is 0.346 e. The molecule has 0 spiro atoms. The second-order valence-electron chi connectivity index (χ2n) is 6.38. The summed E-state index contributed by atoms with van der Waals surface area (Å²) in [6.45, 7) is 1.91. The van der Waals surface area contributed by atoms with E-state index >= 15 is 0 Å². The van der Waals surface area contributed by atoms with Crippen LogP contribution in [0.2, 0.25) is 0 Å². The van der Waals surface area contributed by atoms with Gasteiger partial charge >= 0.3 is 5.91 Å². The molecule has 1 aromatic carbocycles. The summed E-state index contributed by atoms with van der Waals surface area (Å²) in [4.78, 5) is 27.3. The third-order valence-electron chi connectivity index (χ3n) is 4.29. The van der Waals surface area contributed by atoms with Crippen LogP contribution in [-0.2, 0) is 6.42 Å². The van der Waals surface area contributed by atoms with Gasteiger partial charge in [0.05, 0.1) is 0 Å². The Morgan fingerprint density at radius 2 is 2.07 bits per heavy atom.